The van der Waals surface area contributed by atoms with E-state index in [1.165, 1.54) is 4.90 Å². The molecule has 1 saturated heterocycles. The first-order chi connectivity index (χ1) is 12.3. The SMILES string of the molecule is CN=C(NCCc1ccc(OC)cc1Cl)NC1CCN(CC(F)(F)F)C1. The van der Waals surface area contributed by atoms with Crippen molar-refractivity contribution in [2.24, 2.45) is 4.99 Å². The summed E-state index contributed by atoms with van der Waals surface area (Å²) in [6.07, 6.45) is -2.82. The minimum atomic E-state index is -4.16. The van der Waals surface area contributed by atoms with Crippen molar-refractivity contribution in [2.75, 3.05) is 40.3 Å². The van der Waals surface area contributed by atoms with E-state index in [2.05, 4.69) is 15.6 Å². The first kappa shape index (κ1) is 20.6. The summed E-state index contributed by atoms with van der Waals surface area (Å²) in [6, 6.07) is 5.47. The summed E-state index contributed by atoms with van der Waals surface area (Å²) < 4.78 is 42.5. The first-order valence-corrected chi connectivity index (χ1v) is 8.77. The Bertz CT molecular complexity index is 625. The Labute approximate surface area is 156 Å². The molecule has 1 aromatic carbocycles. The number of likely N-dealkylation sites (tertiary alicyclic amines) is 1. The van der Waals surface area contributed by atoms with Crippen LogP contribution in [0.4, 0.5) is 13.2 Å². The first-order valence-electron chi connectivity index (χ1n) is 8.39. The summed E-state index contributed by atoms with van der Waals surface area (Å²) in [4.78, 5) is 5.54. The van der Waals surface area contributed by atoms with Gasteiger partial charge in [-0.05, 0) is 30.5 Å². The number of ether oxygens (including phenoxy) is 1. The van der Waals surface area contributed by atoms with Crippen LogP contribution in [0.15, 0.2) is 23.2 Å². The minimum absolute atomic E-state index is 0.0480. The molecule has 26 heavy (non-hydrogen) atoms. The van der Waals surface area contributed by atoms with E-state index < -0.39 is 12.7 Å². The molecule has 1 atom stereocenters. The quantitative estimate of drug-likeness (QED) is 0.577. The van der Waals surface area contributed by atoms with Crippen LogP contribution in [0.25, 0.3) is 0 Å². The molecule has 2 rings (SSSR count). The summed E-state index contributed by atoms with van der Waals surface area (Å²) in [7, 11) is 3.22. The highest BCUT2D eigenvalue weighted by molar-refractivity contribution is 6.31. The van der Waals surface area contributed by atoms with Gasteiger partial charge in [-0.25, -0.2) is 0 Å². The van der Waals surface area contributed by atoms with Crippen molar-refractivity contribution in [2.45, 2.75) is 25.1 Å². The third-order valence-corrected chi connectivity index (χ3v) is 4.54. The highest BCUT2D eigenvalue weighted by atomic mass is 35.5. The van der Waals surface area contributed by atoms with Gasteiger partial charge in [-0.3, -0.25) is 9.89 Å². The molecule has 1 aromatic rings. The zero-order chi connectivity index (χ0) is 19.2. The predicted octanol–water partition coefficient (Wildman–Crippen LogP) is 2.69. The highest BCUT2D eigenvalue weighted by Gasteiger charge is 2.34. The van der Waals surface area contributed by atoms with Gasteiger partial charge in [-0.1, -0.05) is 17.7 Å². The van der Waals surface area contributed by atoms with Gasteiger partial charge in [0.1, 0.15) is 5.75 Å². The van der Waals surface area contributed by atoms with Crippen LogP contribution in [-0.4, -0.2) is 63.4 Å². The van der Waals surface area contributed by atoms with Crippen molar-refractivity contribution in [3.8, 4) is 5.75 Å². The largest absolute Gasteiger partial charge is 0.497 e. The molecular formula is C17H24ClF3N4O. The van der Waals surface area contributed by atoms with Gasteiger partial charge in [-0.2, -0.15) is 13.2 Å². The lowest BCUT2D eigenvalue weighted by atomic mass is 10.1. The van der Waals surface area contributed by atoms with Gasteiger partial charge in [-0.15, -0.1) is 0 Å². The molecule has 0 aliphatic carbocycles. The molecule has 0 radical (unpaired) electrons. The van der Waals surface area contributed by atoms with Crippen LogP contribution in [-0.2, 0) is 6.42 Å². The molecule has 9 heteroatoms. The highest BCUT2D eigenvalue weighted by Crippen LogP contribution is 2.22. The molecule has 146 valence electrons. The summed E-state index contributed by atoms with van der Waals surface area (Å²) >= 11 is 6.21. The number of alkyl halides is 3. The number of guanidine groups is 1. The predicted molar refractivity (Wildman–Crippen MR) is 97.1 cm³/mol. The number of hydrogen-bond acceptors (Lipinski definition) is 3. The van der Waals surface area contributed by atoms with Crippen molar-refractivity contribution in [1.29, 1.82) is 0 Å². The van der Waals surface area contributed by atoms with Crippen molar-refractivity contribution in [1.82, 2.24) is 15.5 Å². The number of hydrogen-bond donors (Lipinski definition) is 2. The number of halogens is 4. The fourth-order valence-electron chi connectivity index (χ4n) is 2.91. The Morgan fingerprint density at radius 3 is 2.81 bits per heavy atom. The average Bonchev–Trinajstić information content (AvgIpc) is 3.00. The Morgan fingerprint density at radius 1 is 1.42 bits per heavy atom. The van der Waals surface area contributed by atoms with Crippen LogP contribution >= 0.6 is 11.6 Å². The summed E-state index contributed by atoms with van der Waals surface area (Å²) in [6.45, 7) is 0.512. The van der Waals surface area contributed by atoms with Crippen LogP contribution < -0.4 is 15.4 Å². The number of nitrogens with zero attached hydrogens (tertiary/aromatic N) is 2. The summed E-state index contributed by atoms with van der Waals surface area (Å²) in [5.41, 5.74) is 0.979. The number of rotatable bonds is 6. The minimum Gasteiger partial charge on any atom is -0.497 e. The van der Waals surface area contributed by atoms with Gasteiger partial charge < -0.3 is 15.4 Å². The van der Waals surface area contributed by atoms with Crippen LogP contribution in [0.5, 0.6) is 5.75 Å². The third kappa shape index (κ3) is 6.57. The van der Waals surface area contributed by atoms with Crippen LogP contribution in [0.3, 0.4) is 0 Å². The average molecular weight is 393 g/mol. The van der Waals surface area contributed by atoms with Crippen molar-refractivity contribution < 1.29 is 17.9 Å². The van der Waals surface area contributed by atoms with E-state index >= 15 is 0 Å². The molecule has 1 aliphatic heterocycles. The van der Waals surface area contributed by atoms with E-state index in [-0.39, 0.29) is 6.04 Å². The second-order valence-corrected chi connectivity index (χ2v) is 6.59. The second-order valence-electron chi connectivity index (χ2n) is 6.19. The van der Waals surface area contributed by atoms with E-state index in [0.717, 1.165) is 5.56 Å². The lowest BCUT2D eigenvalue weighted by Crippen LogP contribution is -2.45. The zero-order valence-corrected chi connectivity index (χ0v) is 15.6. The maximum Gasteiger partial charge on any atom is 0.401 e. The van der Waals surface area contributed by atoms with Crippen LogP contribution in [0.1, 0.15) is 12.0 Å². The van der Waals surface area contributed by atoms with Gasteiger partial charge in [0.2, 0.25) is 0 Å². The molecule has 1 fully saturated rings. The van der Waals surface area contributed by atoms with E-state index in [4.69, 9.17) is 16.3 Å². The summed E-state index contributed by atoms with van der Waals surface area (Å²) in [5, 5.41) is 6.98. The van der Waals surface area contributed by atoms with Gasteiger partial charge in [0.25, 0.3) is 0 Å². The third-order valence-electron chi connectivity index (χ3n) is 4.19. The molecular weight excluding hydrogens is 369 g/mol. The molecule has 0 bridgehead atoms. The van der Waals surface area contributed by atoms with Gasteiger partial charge in [0, 0.05) is 37.7 Å². The number of aliphatic imine (C=N–C) groups is 1. The van der Waals surface area contributed by atoms with E-state index in [0.29, 0.717) is 49.2 Å². The second kappa shape index (κ2) is 9.32. The van der Waals surface area contributed by atoms with Gasteiger partial charge >= 0.3 is 6.18 Å². The van der Waals surface area contributed by atoms with Crippen LogP contribution in [0, 0.1) is 0 Å². The van der Waals surface area contributed by atoms with E-state index in [9.17, 15) is 13.2 Å². The molecule has 0 saturated carbocycles. The molecule has 2 N–H and O–H groups in total. The molecule has 0 spiro atoms. The van der Waals surface area contributed by atoms with Gasteiger partial charge in [0.15, 0.2) is 5.96 Å². The Hall–Kier alpha value is -1.67. The summed E-state index contributed by atoms with van der Waals surface area (Å²) in [5.74, 6) is 1.28. The molecule has 1 aliphatic rings. The Morgan fingerprint density at radius 2 is 2.19 bits per heavy atom. The maximum atomic E-state index is 12.5. The fraction of sp³-hybridized carbons (Fsp3) is 0.588. The normalized spacial score (nSPS) is 18.8. The van der Waals surface area contributed by atoms with Crippen molar-refractivity contribution >= 4 is 17.6 Å². The molecule has 1 heterocycles. The number of methoxy groups -OCH3 is 1. The monoisotopic (exact) mass is 392 g/mol. The topological polar surface area (TPSA) is 48.9 Å². The smallest absolute Gasteiger partial charge is 0.401 e. The van der Waals surface area contributed by atoms with Crippen molar-refractivity contribution in [3.05, 3.63) is 28.8 Å². The number of nitrogens with one attached hydrogen (secondary N) is 2. The molecule has 1 unspecified atom stereocenters. The molecule has 0 amide bonds. The maximum absolute atomic E-state index is 12.5. The zero-order valence-electron chi connectivity index (χ0n) is 14.9. The van der Waals surface area contributed by atoms with E-state index in [1.807, 2.05) is 12.1 Å². The van der Waals surface area contributed by atoms with Crippen LogP contribution in [0.2, 0.25) is 5.02 Å². The number of benzene rings is 1. The van der Waals surface area contributed by atoms with Crippen molar-refractivity contribution in [3.63, 3.8) is 0 Å². The van der Waals surface area contributed by atoms with Gasteiger partial charge in [0.05, 0.1) is 13.7 Å². The molecule has 5 nitrogen and oxygen atoms in total. The Balaban J connectivity index is 1.76. The van der Waals surface area contributed by atoms with E-state index in [1.54, 1.807) is 20.2 Å². The lowest BCUT2D eigenvalue weighted by Gasteiger charge is -2.20. The molecule has 0 aromatic heterocycles. The Kier molecular flexibility index (Phi) is 7.40. The standard InChI is InChI=1S/C17H24ClF3N4O/c1-22-16(24-13-6-8-25(10-13)11-17(19,20)21)23-7-5-12-3-4-14(26-2)9-15(12)18/h3-4,9,13H,5-8,10-11H2,1-2H3,(H2,22,23,24). The lowest BCUT2D eigenvalue weighted by molar-refractivity contribution is -0.143. The fourth-order valence-corrected chi connectivity index (χ4v) is 3.17.